The van der Waals surface area contributed by atoms with E-state index in [-0.39, 0.29) is 5.91 Å². The van der Waals surface area contributed by atoms with E-state index in [1.807, 2.05) is 19.1 Å². The largest absolute Gasteiger partial charge is 0.374 e. The average molecular weight is 211 g/mol. The third-order valence-corrected chi connectivity index (χ3v) is 2.64. The second-order valence-corrected chi connectivity index (χ2v) is 3.86. The van der Waals surface area contributed by atoms with Gasteiger partial charge in [0.05, 0.1) is 22.9 Å². The molecule has 0 atom stereocenters. The summed E-state index contributed by atoms with van der Waals surface area (Å²) in [7, 11) is 1.74. The smallest absolute Gasteiger partial charge is 0.246 e. The Morgan fingerprint density at radius 2 is 2.21 bits per heavy atom. The van der Waals surface area contributed by atoms with E-state index in [0.29, 0.717) is 11.6 Å². The van der Waals surface area contributed by atoms with Gasteiger partial charge < -0.3 is 10.2 Å². The van der Waals surface area contributed by atoms with Crippen molar-refractivity contribution in [2.24, 2.45) is 0 Å². The zero-order chi connectivity index (χ0) is 10.3. The number of hydrogen-bond donors (Lipinski definition) is 1. The maximum Gasteiger partial charge on any atom is 0.246 e. The van der Waals surface area contributed by atoms with Crippen LogP contribution in [0.3, 0.4) is 0 Å². The molecular formula is C10H11ClN2O. The van der Waals surface area contributed by atoms with Gasteiger partial charge in [0.2, 0.25) is 5.91 Å². The van der Waals surface area contributed by atoms with Crippen molar-refractivity contribution in [2.75, 3.05) is 23.8 Å². The molecule has 1 amide bonds. The highest BCUT2D eigenvalue weighted by Crippen LogP contribution is 2.36. The lowest BCUT2D eigenvalue weighted by atomic mass is 10.1. The Morgan fingerprint density at radius 1 is 1.50 bits per heavy atom. The third kappa shape index (κ3) is 1.34. The summed E-state index contributed by atoms with van der Waals surface area (Å²) in [6.45, 7) is 2.31. The minimum atomic E-state index is 0.0308. The molecular weight excluding hydrogens is 200 g/mol. The number of amides is 1. The molecule has 0 fully saturated rings. The van der Waals surface area contributed by atoms with Gasteiger partial charge in [0, 0.05) is 7.05 Å². The molecule has 14 heavy (non-hydrogen) atoms. The molecule has 1 aliphatic rings. The van der Waals surface area contributed by atoms with Gasteiger partial charge in [0.25, 0.3) is 0 Å². The Balaban J connectivity index is 2.60. The fourth-order valence-electron chi connectivity index (χ4n) is 1.62. The van der Waals surface area contributed by atoms with E-state index in [4.69, 9.17) is 11.6 Å². The topological polar surface area (TPSA) is 32.3 Å². The highest BCUT2D eigenvalue weighted by molar-refractivity contribution is 6.35. The minimum absolute atomic E-state index is 0.0308. The van der Waals surface area contributed by atoms with Gasteiger partial charge in [0.1, 0.15) is 0 Å². The van der Waals surface area contributed by atoms with Crippen LogP contribution in [0.2, 0.25) is 5.02 Å². The molecule has 1 aromatic rings. The molecule has 0 saturated heterocycles. The van der Waals surface area contributed by atoms with Gasteiger partial charge in [-0.1, -0.05) is 11.6 Å². The lowest BCUT2D eigenvalue weighted by Gasteiger charge is -2.28. The SMILES string of the molecule is Cc1cc(Cl)c2c(c1)NCC(=O)N2C. The Morgan fingerprint density at radius 3 is 2.93 bits per heavy atom. The maximum absolute atomic E-state index is 11.4. The number of carbonyl (C=O) groups excluding carboxylic acids is 1. The van der Waals surface area contributed by atoms with Crippen LogP contribution in [0.1, 0.15) is 5.56 Å². The molecule has 1 aromatic carbocycles. The number of nitrogens with one attached hydrogen (secondary N) is 1. The van der Waals surface area contributed by atoms with Gasteiger partial charge in [-0.3, -0.25) is 4.79 Å². The molecule has 2 rings (SSSR count). The maximum atomic E-state index is 11.4. The summed E-state index contributed by atoms with van der Waals surface area (Å²) in [4.78, 5) is 13.0. The summed E-state index contributed by atoms with van der Waals surface area (Å²) >= 11 is 6.07. The van der Waals surface area contributed by atoms with Crippen molar-refractivity contribution in [3.8, 4) is 0 Å². The van der Waals surface area contributed by atoms with Crippen molar-refractivity contribution in [1.82, 2.24) is 0 Å². The molecule has 1 aliphatic heterocycles. The van der Waals surface area contributed by atoms with E-state index in [1.165, 1.54) is 0 Å². The van der Waals surface area contributed by atoms with E-state index in [2.05, 4.69) is 5.32 Å². The normalized spacial score (nSPS) is 15.1. The second-order valence-electron chi connectivity index (χ2n) is 3.45. The van der Waals surface area contributed by atoms with Crippen molar-refractivity contribution in [1.29, 1.82) is 0 Å². The summed E-state index contributed by atoms with van der Waals surface area (Å²) in [6.07, 6.45) is 0. The summed E-state index contributed by atoms with van der Waals surface area (Å²) in [5, 5.41) is 3.66. The number of benzene rings is 1. The van der Waals surface area contributed by atoms with Crippen molar-refractivity contribution in [3.05, 3.63) is 22.7 Å². The van der Waals surface area contributed by atoms with Crippen molar-refractivity contribution >= 4 is 28.9 Å². The van der Waals surface area contributed by atoms with E-state index in [9.17, 15) is 4.79 Å². The number of carbonyl (C=O) groups is 1. The minimum Gasteiger partial charge on any atom is -0.374 e. The molecule has 1 heterocycles. The molecule has 1 N–H and O–H groups in total. The first-order chi connectivity index (χ1) is 6.59. The van der Waals surface area contributed by atoms with Crippen LogP contribution in [-0.4, -0.2) is 19.5 Å². The van der Waals surface area contributed by atoms with E-state index < -0.39 is 0 Å². The molecule has 0 saturated carbocycles. The van der Waals surface area contributed by atoms with Gasteiger partial charge in [-0.15, -0.1) is 0 Å². The van der Waals surface area contributed by atoms with Crippen LogP contribution in [-0.2, 0) is 4.79 Å². The van der Waals surface area contributed by atoms with Crippen LogP contribution in [0.5, 0.6) is 0 Å². The molecule has 3 nitrogen and oxygen atoms in total. The van der Waals surface area contributed by atoms with Crippen molar-refractivity contribution in [2.45, 2.75) is 6.92 Å². The number of anilines is 2. The number of halogens is 1. The van der Waals surface area contributed by atoms with Crippen LogP contribution in [0.25, 0.3) is 0 Å². The zero-order valence-corrected chi connectivity index (χ0v) is 8.85. The van der Waals surface area contributed by atoms with Crippen LogP contribution in [0.15, 0.2) is 12.1 Å². The second kappa shape index (κ2) is 3.17. The molecule has 4 heteroatoms. The molecule has 0 radical (unpaired) electrons. The number of fused-ring (bicyclic) bond motifs is 1. The van der Waals surface area contributed by atoms with E-state index in [1.54, 1.807) is 11.9 Å². The molecule has 0 bridgehead atoms. The van der Waals surface area contributed by atoms with Gasteiger partial charge in [-0.05, 0) is 24.6 Å². The van der Waals surface area contributed by atoms with E-state index >= 15 is 0 Å². The van der Waals surface area contributed by atoms with Crippen LogP contribution < -0.4 is 10.2 Å². The number of aryl methyl sites for hydroxylation is 1. The first kappa shape index (κ1) is 9.34. The predicted molar refractivity (Wildman–Crippen MR) is 58.1 cm³/mol. The summed E-state index contributed by atoms with van der Waals surface area (Å²) in [5.41, 5.74) is 2.79. The van der Waals surface area contributed by atoms with E-state index in [0.717, 1.165) is 16.9 Å². The van der Waals surface area contributed by atoms with Crippen molar-refractivity contribution in [3.63, 3.8) is 0 Å². The first-order valence-corrected chi connectivity index (χ1v) is 4.78. The van der Waals surface area contributed by atoms with Crippen LogP contribution in [0.4, 0.5) is 11.4 Å². The highest BCUT2D eigenvalue weighted by atomic mass is 35.5. The first-order valence-electron chi connectivity index (χ1n) is 4.40. The fourth-order valence-corrected chi connectivity index (χ4v) is 2.03. The number of likely N-dealkylation sites (N-methyl/N-ethyl adjacent to an activating group) is 1. The lowest BCUT2D eigenvalue weighted by Crippen LogP contribution is -2.37. The molecule has 74 valence electrons. The average Bonchev–Trinajstić information content (AvgIpc) is 2.10. The quantitative estimate of drug-likeness (QED) is 0.711. The zero-order valence-electron chi connectivity index (χ0n) is 8.10. The summed E-state index contributed by atoms with van der Waals surface area (Å²) in [5.74, 6) is 0.0308. The fraction of sp³-hybridized carbons (Fsp3) is 0.300. The third-order valence-electron chi connectivity index (χ3n) is 2.35. The highest BCUT2D eigenvalue weighted by Gasteiger charge is 2.22. The Bertz CT molecular complexity index is 403. The molecule has 0 aromatic heterocycles. The Labute approximate surface area is 87.7 Å². The Hall–Kier alpha value is -1.22. The Kier molecular flexibility index (Phi) is 2.11. The molecule has 0 spiro atoms. The summed E-state index contributed by atoms with van der Waals surface area (Å²) in [6, 6.07) is 3.85. The number of rotatable bonds is 0. The van der Waals surface area contributed by atoms with Gasteiger partial charge in [-0.2, -0.15) is 0 Å². The predicted octanol–water partition coefficient (Wildman–Crippen LogP) is 2.04. The standard InChI is InChI=1S/C10H11ClN2O/c1-6-3-7(11)10-8(4-6)12-5-9(14)13(10)2/h3-4,12H,5H2,1-2H3. The number of hydrogen-bond acceptors (Lipinski definition) is 2. The van der Waals surface area contributed by atoms with Crippen molar-refractivity contribution < 1.29 is 4.79 Å². The lowest BCUT2D eigenvalue weighted by molar-refractivity contribution is -0.116. The molecule has 0 aliphatic carbocycles. The van der Waals surface area contributed by atoms with Crippen LogP contribution in [0, 0.1) is 6.92 Å². The monoisotopic (exact) mass is 210 g/mol. The number of nitrogens with zero attached hydrogens (tertiary/aromatic N) is 1. The van der Waals surface area contributed by atoms with Gasteiger partial charge in [-0.25, -0.2) is 0 Å². The van der Waals surface area contributed by atoms with Crippen LogP contribution >= 0.6 is 11.6 Å². The summed E-state index contributed by atoms with van der Waals surface area (Å²) < 4.78 is 0. The van der Waals surface area contributed by atoms with Gasteiger partial charge >= 0.3 is 0 Å². The van der Waals surface area contributed by atoms with Gasteiger partial charge in [0.15, 0.2) is 0 Å². The molecule has 0 unspecified atom stereocenters.